The minimum Gasteiger partial charge on any atom is -0.478 e. The molecule has 30 heavy (non-hydrogen) atoms. The summed E-state index contributed by atoms with van der Waals surface area (Å²) in [5.74, 6) is -4.16. The molecule has 2 aliphatic rings. The second kappa shape index (κ2) is 9.43. The van der Waals surface area contributed by atoms with E-state index >= 15 is 0 Å². The van der Waals surface area contributed by atoms with Crippen molar-refractivity contribution in [1.29, 1.82) is 0 Å². The Kier molecular flexibility index (Phi) is 6.93. The lowest BCUT2D eigenvalue weighted by molar-refractivity contribution is -0.138. The van der Waals surface area contributed by atoms with E-state index in [0.29, 0.717) is 16.5 Å². The van der Waals surface area contributed by atoms with Gasteiger partial charge in [0.05, 0.1) is 25.3 Å². The van der Waals surface area contributed by atoms with Crippen LogP contribution in [-0.2, 0) is 14.3 Å². The Morgan fingerprint density at radius 2 is 2.30 bits per heavy atom. The molecule has 1 aromatic rings. The zero-order valence-electron chi connectivity index (χ0n) is 16.3. The summed E-state index contributed by atoms with van der Waals surface area (Å²) < 4.78 is 33.3. The number of ether oxygens (including phenoxy) is 1. The van der Waals surface area contributed by atoms with Gasteiger partial charge in [-0.3, -0.25) is 9.89 Å². The number of hydrogen-bond acceptors (Lipinski definition) is 8. The number of amidine groups is 1. The molecule has 0 radical (unpaired) electrons. The molecule has 8 nitrogen and oxygen atoms in total. The largest absolute Gasteiger partial charge is 0.478 e. The van der Waals surface area contributed by atoms with Crippen LogP contribution in [0.5, 0.6) is 0 Å². The summed E-state index contributed by atoms with van der Waals surface area (Å²) in [5.41, 5.74) is 0.659. The third kappa shape index (κ3) is 5.48. The van der Waals surface area contributed by atoms with Gasteiger partial charge < -0.3 is 15.2 Å². The molecule has 0 amide bonds. The van der Waals surface area contributed by atoms with Gasteiger partial charge in [-0.25, -0.2) is 23.4 Å². The van der Waals surface area contributed by atoms with E-state index < -0.39 is 30.4 Å². The van der Waals surface area contributed by atoms with Crippen molar-refractivity contribution < 1.29 is 28.2 Å². The average molecular weight is 440 g/mol. The first-order valence-electron chi connectivity index (χ1n) is 9.42. The Labute approximate surface area is 176 Å². The van der Waals surface area contributed by atoms with Gasteiger partial charge in [-0.2, -0.15) is 0 Å². The van der Waals surface area contributed by atoms with Crippen molar-refractivity contribution in [1.82, 2.24) is 15.2 Å². The maximum Gasteiger partial charge on any atom is 0.337 e. The summed E-state index contributed by atoms with van der Waals surface area (Å²) in [6.45, 7) is 1.33. The van der Waals surface area contributed by atoms with Crippen molar-refractivity contribution in [2.75, 3.05) is 26.2 Å². The van der Waals surface area contributed by atoms with E-state index in [9.17, 15) is 18.4 Å². The molecular formula is C19H22F2N4O4S. The molecule has 2 N–H and O–H groups in total. The van der Waals surface area contributed by atoms with Crippen LogP contribution in [0.15, 0.2) is 40.0 Å². The van der Waals surface area contributed by atoms with Crippen LogP contribution >= 0.6 is 11.3 Å². The zero-order chi connectivity index (χ0) is 21.7. The molecule has 1 fully saturated rings. The van der Waals surface area contributed by atoms with E-state index in [2.05, 4.69) is 15.3 Å². The van der Waals surface area contributed by atoms with E-state index in [4.69, 9.17) is 9.84 Å². The van der Waals surface area contributed by atoms with Gasteiger partial charge in [0.15, 0.2) is 10.8 Å². The van der Waals surface area contributed by atoms with Gasteiger partial charge in [0.25, 0.3) is 5.92 Å². The Balaban J connectivity index is 1.88. The number of esters is 1. The molecule has 1 saturated heterocycles. The first kappa shape index (κ1) is 22.0. The number of rotatable bonds is 7. The molecule has 1 aromatic heterocycles. The Morgan fingerprint density at radius 3 is 2.97 bits per heavy atom. The maximum absolute atomic E-state index is 14.1. The Morgan fingerprint density at radius 1 is 1.50 bits per heavy atom. The summed E-state index contributed by atoms with van der Waals surface area (Å²) in [4.78, 5) is 33.3. The number of alkyl halides is 2. The molecule has 3 heterocycles. The highest BCUT2D eigenvalue weighted by atomic mass is 32.1. The van der Waals surface area contributed by atoms with Crippen molar-refractivity contribution in [3.63, 3.8) is 0 Å². The van der Waals surface area contributed by atoms with Crippen LogP contribution in [0.4, 0.5) is 8.78 Å². The monoisotopic (exact) mass is 440 g/mol. The highest BCUT2D eigenvalue weighted by molar-refractivity contribution is 7.11. The number of nitrogens with zero attached hydrogens (tertiary/aromatic N) is 3. The number of thiazole rings is 1. The SMILES string of the molecule is CCOC(=O)C1=C(CN2CC(F)(F)CCC2/C=C/C(=O)O)NC(c2nccs2)=NC1. The number of likely N-dealkylation sites (tertiary alicyclic amines) is 1. The minimum atomic E-state index is -2.90. The van der Waals surface area contributed by atoms with Gasteiger partial charge in [0.1, 0.15) is 0 Å². The molecule has 2 aliphatic heterocycles. The van der Waals surface area contributed by atoms with Gasteiger partial charge in [-0.1, -0.05) is 6.08 Å². The van der Waals surface area contributed by atoms with Crippen molar-refractivity contribution in [3.8, 4) is 0 Å². The van der Waals surface area contributed by atoms with Crippen LogP contribution in [-0.4, -0.2) is 71.0 Å². The van der Waals surface area contributed by atoms with Crippen LogP contribution in [0.25, 0.3) is 0 Å². The summed E-state index contributed by atoms with van der Waals surface area (Å²) >= 11 is 1.36. The number of carbonyl (C=O) groups is 2. The van der Waals surface area contributed by atoms with Gasteiger partial charge in [-0.05, 0) is 13.3 Å². The van der Waals surface area contributed by atoms with Gasteiger partial charge in [0, 0.05) is 42.4 Å². The summed E-state index contributed by atoms with van der Waals surface area (Å²) in [7, 11) is 0. The van der Waals surface area contributed by atoms with E-state index in [1.165, 1.54) is 22.3 Å². The van der Waals surface area contributed by atoms with Crippen LogP contribution in [0.3, 0.4) is 0 Å². The molecule has 162 valence electrons. The van der Waals surface area contributed by atoms with Gasteiger partial charge in [-0.15, -0.1) is 11.3 Å². The normalized spacial score (nSPS) is 22.0. The lowest BCUT2D eigenvalue weighted by atomic mass is 9.98. The lowest BCUT2D eigenvalue weighted by Gasteiger charge is -2.39. The fraction of sp³-hybridized carbons (Fsp3) is 0.474. The maximum atomic E-state index is 14.1. The fourth-order valence-corrected chi connectivity index (χ4v) is 3.94. The Bertz CT molecular complexity index is 883. The molecular weight excluding hydrogens is 418 g/mol. The van der Waals surface area contributed by atoms with Gasteiger partial charge >= 0.3 is 11.9 Å². The molecule has 0 aliphatic carbocycles. The number of nitrogens with one attached hydrogen (secondary N) is 1. The number of hydrogen-bond donors (Lipinski definition) is 2. The number of aliphatic imine (C=N–C) groups is 1. The summed E-state index contributed by atoms with van der Waals surface area (Å²) in [5, 5.41) is 14.4. The van der Waals surface area contributed by atoms with Crippen molar-refractivity contribution in [3.05, 3.63) is 40.0 Å². The second-order valence-electron chi connectivity index (χ2n) is 6.87. The molecule has 0 spiro atoms. The second-order valence-corrected chi connectivity index (χ2v) is 7.76. The average Bonchev–Trinajstić information content (AvgIpc) is 3.21. The highest BCUT2D eigenvalue weighted by Crippen LogP contribution is 2.31. The van der Waals surface area contributed by atoms with Crippen molar-refractivity contribution in [2.45, 2.75) is 31.7 Å². The number of carboxylic acid groups (broad SMARTS) is 1. The number of piperidine rings is 1. The molecule has 11 heteroatoms. The van der Waals surface area contributed by atoms with Crippen molar-refractivity contribution >= 4 is 29.1 Å². The molecule has 1 unspecified atom stereocenters. The fourth-order valence-electron chi connectivity index (χ4n) is 3.34. The smallest absolute Gasteiger partial charge is 0.337 e. The van der Waals surface area contributed by atoms with E-state index in [1.54, 1.807) is 18.5 Å². The van der Waals surface area contributed by atoms with Crippen molar-refractivity contribution in [2.24, 2.45) is 4.99 Å². The van der Waals surface area contributed by atoms with Gasteiger partial charge in [0.2, 0.25) is 0 Å². The molecule has 0 bridgehead atoms. The predicted octanol–water partition coefficient (Wildman–Crippen LogP) is 2.05. The first-order chi connectivity index (χ1) is 14.3. The number of aliphatic carboxylic acids is 1. The lowest BCUT2D eigenvalue weighted by Crippen LogP contribution is -2.50. The zero-order valence-corrected chi connectivity index (χ0v) is 17.1. The highest BCUT2D eigenvalue weighted by Gasteiger charge is 2.40. The summed E-state index contributed by atoms with van der Waals surface area (Å²) in [6.07, 6.45) is 3.75. The number of halogens is 2. The van der Waals surface area contributed by atoms with E-state index in [-0.39, 0.29) is 38.1 Å². The quantitative estimate of drug-likeness (QED) is 0.494. The van der Waals surface area contributed by atoms with E-state index in [0.717, 1.165) is 6.08 Å². The molecule has 1 atom stereocenters. The summed E-state index contributed by atoms with van der Waals surface area (Å²) in [6, 6.07) is -0.499. The number of carbonyl (C=O) groups excluding carboxylic acids is 1. The molecule has 3 rings (SSSR count). The van der Waals surface area contributed by atoms with E-state index in [1.807, 2.05) is 0 Å². The molecule has 0 saturated carbocycles. The third-order valence-corrected chi connectivity index (χ3v) is 5.50. The predicted molar refractivity (Wildman–Crippen MR) is 107 cm³/mol. The minimum absolute atomic E-state index is 0.0112. The van der Waals surface area contributed by atoms with Crippen LogP contribution in [0, 0.1) is 0 Å². The Hall–Kier alpha value is -2.66. The van der Waals surface area contributed by atoms with Crippen LogP contribution in [0.1, 0.15) is 24.8 Å². The first-order valence-corrected chi connectivity index (χ1v) is 10.3. The third-order valence-electron chi connectivity index (χ3n) is 4.72. The standard InChI is InChI=1S/C19H22F2N4O4S/c1-2-29-18(28)13-9-23-16(17-22-7-8-30-17)24-14(13)10-25-11-19(20,21)6-5-12(25)3-4-15(26)27/h3-4,7-8,12H,2,5-6,9-11H2,1H3,(H,23,24)(H,26,27)/b4-3+. The van der Waals surface area contributed by atoms with Crippen LogP contribution in [0.2, 0.25) is 0 Å². The number of aromatic nitrogens is 1. The van der Waals surface area contributed by atoms with Crippen LogP contribution < -0.4 is 5.32 Å². The topological polar surface area (TPSA) is 104 Å². The molecule has 0 aromatic carbocycles. The number of carboxylic acids is 1.